The summed E-state index contributed by atoms with van der Waals surface area (Å²) in [6, 6.07) is 34.7. The Bertz CT molecular complexity index is 1770. The first kappa shape index (κ1) is 24.4. The summed E-state index contributed by atoms with van der Waals surface area (Å²) in [5, 5.41) is 9.27. The molecule has 0 aliphatic carbocycles. The number of benzene rings is 4. The minimum atomic E-state index is -0.187. The zero-order valence-electron chi connectivity index (χ0n) is 22.2. The van der Waals surface area contributed by atoms with Crippen LogP contribution in [0, 0.1) is 6.92 Å². The first-order valence-corrected chi connectivity index (χ1v) is 13.8. The average molecular weight is 543 g/mol. The highest BCUT2D eigenvalue weighted by Gasteiger charge is 2.41. The fraction of sp³-hybridized carbons (Fsp3) is 0.121. The molecule has 1 unspecified atom stereocenters. The third-order valence-corrected chi connectivity index (χ3v) is 7.70. The van der Waals surface area contributed by atoms with Gasteiger partial charge in [0.1, 0.15) is 0 Å². The Kier molecular flexibility index (Phi) is 5.98. The van der Waals surface area contributed by atoms with Crippen LogP contribution in [0.3, 0.4) is 0 Å². The maximum Gasteiger partial charge on any atom is 0.179 e. The van der Waals surface area contributed by atoms with Crippen LogP contribution in [0.4, 0.5) is 22.9 Å². The third-order valence-electron chi connectivity index (χ3n) is 7.45. The summed E-state index contributed by atoms with van der Waals surface area (Å²) in [7, 11) is 0. The van der Waals surface area contributed by atoms with E-state index in [1.54, 1.807) is 0 Å². The van der Waals surface area contributed by atoms with Gasteiger partial charge in [0, 0.05) is 16.3 Å². The number of aryl methyl sites for hydroxylation is 2. The van der Waals surface area contributed by atoms with Crippen LogP contribution >= 0.6 is 11.6 Å². The van der Waals surface area contributed by atoms with Crippen molar-refractivity contribution in [1.82, 2.24) is 9.78 Å². The Labute approximate surface area is 238 Å². The fourth-order valence-electron chi connectivity index (χ4n) is 5.47. The van der Waals surface area contributed by atoms with E-state index in [-0.39, 0.29) is 6.04 Å². The van der Waals surface area contributed by atoms with Gasteiger partial charge < -0.3 is 10.2 Å². The number of rotatable bonds is 4. The Morgan fingerprint density at radius 3 is 2.30 bits per heavy atom. The van der Waals surface area contributed by atoms with Crippen molar-refractivity contribution in [2.75, 3.05) is 10.2 Å². The molecule has 0 bridgehead atoms. The molecule has 1 N–H and O–H groups in total. The first-order chi connectivity index (χ1) is 19.6. The number of nitrogens with one attached hydrogen (secondary N) is 1. The first-order valence-electron chi connectivity index (χ1n) is 13.4. The zero-order chi connectivity index (χ0) is 27.2. The molecule has 5 aromatic rings. The van der Waals surface area contributed by atoms with Gasteiger partial charge in [-0.15, -0.1) is 0 Å². The number of amidine groups is 2. The molecule has 2 aliphatic heterocycles. The van der Waals surface area contributed by atoms with Crippen molar-refractivity contribution in [3.05, 3.63) is 131 Å². The average Bonchev–Trinajstić information content (AvgIpc) is 3.33. The Balaban J connectivity index is 1.47. The molecule has 0 amide bonds. The highest BCUT2D eigenvalue weighted by Crippen LogP contribution is 2.48. The van der Waals surface area contributed by atoms with E-state index in [0.29, 0.717) is 10.9 Å². The van der Waals surface area contributed by atoms with Crippen LogP contribution in [0.5, 0.6) is 0 Å². The van der Waals surface area contributed by atoms with Crippen molar-refractivity contribution >= 4 is 46.2 Å². The minimum Gasteiger partial charge on any atom is -0.337 e. The van der Waals surface area contributed by atoms with Crippen LogP contribution in [-0.2, 0) is 6.42 Å². The van der Waals surface area contributed by atoms with Crippen molar-refractivity contribution in [3.63, 3.8) is 0 Å². The maximum atomic E-state index is 6.34. The van der Waals surface area contributed by atoms with E-state index in [0.717, 1.165) is 57.6 Å². The zero-order valence-corrected chi connectivity index (χ0v) is 23.0. The van der Waals surface area contributed by atoms with Gasteiger partial charge in [0.2, 0.25) is 0 Å². The molecule has 0 saturated heterocycles. The second-order valence-electron chi connectivity index (χ2n) is 9.95. The molecule has 2 aliphatic rings. The molecule has 40 heavy (non-hydrogen) atoms. The van der Waals surface area contributed by atoms with Crippen molar-refractivity contribution in [1.29, 1.82) is 0 Å². The van der Waals surface area contributed by atoms with Crippen LogP contribution in [0.25, 0.3) is 5.69 Å². The molecule has 7 heteroatoms. The summed E-state index contributed by atoms with van der Waals surface area (Å²) in [5.41, 5.74) is 8.14. The number of nitrogens with zero attached hydrogens (tertiary/aromatic N) is 5. The van der Waals surface area contributed by atoms with Crippen LogP contribution in [0.1, 0.15) is 35.3 Å². The van der Waals surface area contributed by atoms with Crippen molar-refractivity contribution < 1.29 is 0 Å². The van der Waals surface area contributed by atoms with E-state index in [9.17, 15) is 0 Å². The van der Waals surface area contributed by atoms with E-state index >= 15 is 0 Å². The number of fused-ring (bicyclic) bond motifs is 4. The summed E-state index contributed by atoms with van der Waals surface area (Å²) in [6.45, 7) is 4.21. The normalized spacial score (nSPS) is 15.5. The fourth-order valence-corrected chi connectivity index (χ4v) is 5.59. The lowest BCUT2D eigenvalue weighted by Crippen LogP contribution is -2.46. The Hall–Kier alpha value is -4.68. The van der Waals surface area contributed by atoms with E-state index in [1.165, 1.54) is 5.56 Å². The number of halogens is 1. The molecule has 0 fully saturated rings. The summed E-state index contributed by atoms with van der Waals surface area (Å²) in [5.74, 6) is 2.22. The Morgan fingerprint density at radius 2 is 1.55 bits per heavy atom. The van der Waals surface area contributed by atoms with Crippen molar-refractivity contribution in [2.24, 2.45) is 9.98 Å². The standard InChI is InChI=1S/C33H27ClN6/c1-3-22-13-19-25(20-14-22)35-31-33-37-32-29(21(2)38-40(32)26-9-5-4-6-10-26)30(23-15-17-24(34)18-16-23)39(33)28-12-8-7-11-27(28)36-31/h4-20,30H,3H2,1-2H3,(H,35,36). The van der Waals surface area contributed by atoms with Gasteiger partial charge in [0.05, 0.1) is 28.8 Å². The molecule has 7 rings (SSSR count). The lowest BCUT2D eigenvalue weighted by atomic mass is 9.93. The summed E-state index contributed by atoms with van der Waals surface area (Å²) in [6.07, 6.45) is 0.990. The summed E-state index contributed by atoms with van der Waals surface area (Å²) in [4.78, 5) is 12.6. The third kappa shape index (κ3) is 4.08. The van der Waals surface area contributed by atoms with Gasteiger partial charge in [0.25, 0.3) is 0 Å². The molecule has 0 spiro atoms. The van der Waals surface area contributed by atoms with Gasteiger partial charge in [-0.1, -0.05) is 73.1 Å². The van der Waals surface area contributed by atoms with Crippen LogP contribution in [0.2, 0.25) is 5.02 Å². The van der Waals surface area contributed by atoms with Gasteiger partial charge in [-0.25, -0.2) is 14.7 Å². The number of hydrogen-bond acceptors (Lipinski definition) is 5. The van der Waals surface area contributed by atoms with Gasteiger partial charge >= 0.3 is 0 Å². The molecular formula is C33H27ClN6. The summed E-state index contributed by atoms with van der Waals surface area (Å²) < 4.78 is 1.94. The molecule has 6 nitrogen and oxygen atoms in total. The maximum absolute atomic E-state index is 6.34. The Morgan fingerprint density at radius 1 is 0.825 bits per heavy atom. The molecule has 3 heterocycles. The highest BCUT2D eigenvalue weighted by molar-refractivity contribution is 6.51. The van der Waals surface area contributed by atoms with Gasteiger partial charge in [0.15, 0.2) is 17.5 Å². The number of anilines is 2. The molecule has 4 aromatic carbocycles. The molecule has 0 radical (unpaired) electrons. The molecular weight excluding hydrogens is 516 g/mol. The van der Waals surface area contributed by atoms with E-state index in [1.807, 2.05) is 53.2 Å². The van der Waals surface area contributed by atoms with E-state index < -0.39 is 0 Å². The number of hydrogen-bond donors (Lipinski definition) is 1. The molecule has 0 saturated carbocycles. The number of para-hydroxylation sites is 3. The van der Waals surface area contributed by atoms with Crippen LogP contribution in [0.15, 0.2) is 113 Å². The summed E-state index contributed by atoms with van der Waals surface area (Å²) >= 11 is 6.34. The molecule has 1 aromatic heterocycles. The van der Waals surface area contributed by atoms with Gasteiger partial charge in [-0.2, -0.15) is 5.10 Å². The molecule has 196 valence electrons. The monoisotopic (exact) mass is 542 g/mol. The largest absolute Gasteiger partial charge is 0.337 e. The van der Waals surface area contributed by atoms with E-state index in [4.69, 9.17) is 26.7 Å². The van der Waals surface area contributed by atoms with E-state index in [2.05, 4.69) is 78.7 Å². The van der Waals surface area contributed by atoms with Crippen molar-refractivity contribution in [2.45, 2.75) is 26.3 Å². The number of aliphatic imine (C=N–C) groups is 2. The predicted molar refractivity (Wildman–Crippen MR) is 164 cm³/mol. The van der Waals surface area contributed by atoms with Crippen LogP contribution in [-0.4, -0.2) is 21.5 Å². The molecule has 1 atom stereocenters. The topological polar surface area (TPSA) is 57.8 Å². The minimum absolute atomic E-state index is 0.187. The smallest absolute Gasteiger partial charge is 0.179 e. The lowest BCUT2D eigenvalue weighted by molar-refractivity contribution is 0.815. The quantitative estimate of drug-likeness (QED) is 0.249. The second-order valence-corrected chi connectivity index (χ2v) is 10.4. The lowest BCUT2D eigenvalue weighted by Gasteiger charge is -2.40. The second kappa shape index (κ2) is 9.81. The predicted octanol–water partition coefficient (Wildman–Crippen LogP) is 8.19. The van der Waals surface area contributed by atoms with Crippen LogP contribution < -0.4 is 10.2 Å². The van der Waals surface area contributed by atoms with Gasteiger partial charge in [-0.05, 0) is 73.0 Å². The van der Waals surface area contributed by atoms with Crippen molar-refractivity contribution in [3.8, 4) is 5.69 Å². The highest BCUT2D eigenvalue weighted by atomic mass is 35.5. The van der Waals surface area contributed by atoms with Gasteiger partial charge in [-0.3, -0.25) is 0 Å². The SMILES string of the molecule is CCc1ccc(NC2=Nc3ccccc3N3C2=Nc2c(c(C)nn2-c2ccccc2)C3c2ccc(Cl)cc2)cc1. The number of aromatic nitrogens is 2.